The Labute approximate surface area is 156 Å². The molecule has 7 heteroatoms. The van der Waals surface area contributed by atoms with Crippen molar-refractivity contribution in [1.29, 1.82) is 0 Å². The summed E-state index contributed by atoms with van der Waals surface area (Å²) in [7, 11) is 0. The van der Waals surface area contributed by atoms with E-state index in [0.29, 0.717) is 35.7 Å². The number of hydrogen-bond donors (Lipinski definition) is 0. The van der Waals surface area contributed by atoms with E-state index in [4.69, 9.17) is 9.47 Å². The number of pyridine rings is 1. The van der Waals surface area contributed by atoms with Crippen LogP contribution in [0.1, 0.15) is 39.1 Å². The Morgan fingerprint density at radius 1 is 1.07 bits per heavy atom. The van der Waals surface area contributed by atoms with Crippen molar-refractivity contribution in [3.8, 4) is 11.5 Å². The van der Waals surface area contributed by atoms with Crippen molar-refractivity contribution < 1.29 is 19.1 Å². The third-order valence-corrected chi connectivity index (χ3v) is 5.35. The quantitative estimate of drug-likeness (QED) is 0.833. The van der Waals surface area contributed by atoms with Crippen molar-refractivity contribution in [2.24, 2.45) is 0 Å². The molecule has 2 amide bonds. The van der Waals surface area contributed by atoms with Crippen molar-refractivity contribution in [2.45, 2.75) is 25.5 Å². The summed E-state index contributed by atoms with van der Waals surface area (Å²) in [4.78, 5) is 33.0. The second kappa shape index (κ2) is 6.26. The van der Waals surface area contributed by atoms with Crippen LogP contribution in [0.3, 0.4) is 0 Å². The van der Waals surface area contributed by atoms with Crippen molar-refractivity contribution >= 4 is 11.8 Å². The van der Waals surface area contributed by atoms with Crippen LogP contribution in [-0.4, -0.2) is 52.6 Å². The SMILES string of the molecule is O=C1c2cc3c(cc2OCN1CCc1ccncc1)C(=O)N1CCCC1O3. The van der Waals surface area contributed by atoms with Crippen LogP contribution >= 0.6 is 0 Å². The number of rotatable bonds is 3. The van der Waals surface area contributed by atoms with Crippen LogP contribution in [0.4, 0.5) is 0 Å². The monoisotopic (exact) mass is 365 g/mol. The molecule has 0 N–H and O–H groups in total. The highest BCUT2D eigenvalue weighted by Crippen LogP contribution is 2.38. The molecule has 27 heavy (non-hydrogen) atoms. The number of ether oxygens (including phenoxy) is 2. The molecule has 1 aromatic carbocycles. The zero-order valence-electron chi connectivity index (χ0n) is 14.8. The van der Waals surface area contributed by atoms with Gasteiger partial charge in [-0.3, -0.25) is 14.6 Å². The van der Waals surface area contributed by atoms with E-state index in [2.05, 4.69) is 4.98 Å². The molecule has 3 aliphatic heterocycles. The van der Waals surface area contributed by atoms with Crippen LogP contribution in [0.15, 0.2) is 36.7 Å². The lowest BCUT2D eigenvalue weighted by molar-refractivity contribution is 0.0283. The lowest BCUT2D eigenvalue weighted by Crippen LogP contribution is -2.44. The first-order valence-corrected chi connectivity index (χ1v) is 9.17. The first-order valence-electron chi connectivity index (χ1n) is 9.17. The fraction of sp³-hybridized carbons (Fsp3) is 0.350. The third-order valence-electron chi connectivity index (χ3n) is 5.35. The first-order chi connectivity index (χ1) is 13.2. The van der Waals surface area contributed by atoms with Gasteiger partial charge in [0.15, 0.2) is 13.0 Å². The zero-order chi connectivity index (χ0) is 18.4. The van der Waals surface area contributed by atoms with Gasteiger partial charge in [0.2, 0.25) is 0 Å². The second-order valence-corrected chi connectivity index (χ2v) is 7.01. The van der Waals surface area contributed by atoms with E-state index in [1.807, 2.05) is 12.1 Å². The highest BCUT2D eigenvalue weighted by atomic mass is 16.5. The molecule has 0 bridgehead atoms. The molecule has 1 aromatic heterocycles. The normalized spacial score (nSPS) is 20.5. The van der Waals surface area contributed by atoms with Gasteiger partial charge in [-0.2, -0.15) is 0 Å². The number of fused-ring (bicyclic) bond motifs is 3. The Bertz CT molecular complexity index is 915. The number of hydrogen-bond acceptors (Lipinski definition) is 5. The summed E-state index contributed by atoms with van der Waals surface area (Å²) in [6, 6.07) is 7.19. The Morgan fingerprint density at radius 3 is 2.70 bits per heavy atom. The molecule has 3 aliphatic rings. The van der Waals surface area contributed by atoms with Gasteiger partial charge >= 0.3 is 0 Å². The maximum Gasteiger partial charge on any atom is 0.260 e. The largest absolute Gasteiger partial charge is 0.472 e. The van der Waals surface area contributed by atoms with Crippen molar-refractivity contribution in [2.75, 3.05) is 19.8 Å². The first kappa shape index (κ1) is 16.1. The predicted octanol–water partition coefficient (Wildman–Crippen LogP) is 2.07. The van der Waals surface area contributed by atoms with Gasteiger partial charge in [-0.1, -0.05) is 0 Å². The molecule has 4 heterocycles. The molecule has 7 nitrogen and oxygen atoms in total. The van der Waals surface area contributed by atoms with Gasteiger partial charge in [0.1, 0.15) is 11.5 Å². The van der Waals surface area contributed by atoms with Gasteiger partial charge in [-0.25, -0.2) is 0 Å². The molecule has 5 rings (SSSR count). The van der Waals surface area contributed by atoms with Crippen LogP contribution in [0.5, 0.6) is 11.5 Å². The van der Waals surface area contributed by atoms with Crippen LogP contribution < -0.4 is 9.47 Å². The summed E-state index contributed by atoms with van der Waals surface area (Å²) < 4.78 is 11.8. The maximum absolute atomic E-state index is 12.9. The molecule has 138 valence electrons. The summed E-state index contributed by atoms with van der Waals surface area (Å²) in [5.41, 5.74) is 2.04. The molecule has 1 atom stereocenters. The van der Waals surface area contributed by atoms with Crippen molar-refractivity contribution in [3.63, 3.8) is 0 Å². The van der Waals surface area contributed by atoms with E-state index in [1.54, 1.807) is 34.3 Å². The molecule has 1 unspecified atom stereocenters. The summed E-state index contributed by atoms with van der Waals surface area (Å²) in [5, 5.41) is 0. The molecular formula is C20H19N3O4. The van der Waals surface area contributed by atoms with E-state index in [1.165, 1.54) is 0 Å². The average Bonchev–Trinajstić information content (AvgIpc) is 3.17. The lowest BCUT2D eigenvalue weighted by Gasteiger charge is -2.34. The summed E-state index contributed by atoms with van der Waals surface area (Å²) >= 11 is 0. The third kappa shape index (κ3) is 2.70. The number of benzene rings is 1. The van der Waals surface area contributed by atoms with E-state index >= 15 is 0 Å². The lowest BCUT2D eigenvalue weighted by atomic mass is 10.0. The second-order valence-electron chi connectivity index (χ2n) is 7.01. The number of aromatic nitrogens is 1. The molecule has 2 aromatic rings. The maximum atomic E-state index is 12.9. The minimum Gasteiger partial charge on any atom is -0.472 e. The van der Waals surface area contributed by atoms with Gasteiger partial charge in [0.25, 0.3) is 11.8 Å². The van der Waals surface area contributed by atoms with Crippen LogP contribution in [0.2, 0.25) is 0 Å². The van der Waals surface area contributed by atoms with Gasteiger partial charge < -0.3 is 19.3 Å². The van der Waals surface area contributed by atoms with Crippen LogP contribution in [0.25, 0.3) is 0 Å². The number of carbonyl (C=O) groups excluding carboxylic acids is 2. The van der Waals surface area contributed by atoms with Gasteiger partial charge in [-0.05, 0) is 42.7 Å². The van der Waals surface area contributed by atoms with E-state index in [0.717, 1.165) is 24.8 Å². The smallest absolute Gasteiger partial charge is 0.260 e. The summed E-state index contributed by atoms with van der Waals surface area (Å²) in [6.45, 7) is 1.44. The predicted molar refractivity (Wildman–Crippen MR) is 95.6 cm³/mol. The van der Waals surface area contributed by atoms with E-state index < -0.39 is 0 Å². The standard InChI is InChI=1S/C20H19N3O4/c24-19-14-11-17-15(20(25)23-8-1-2-18(23)27-17)10-16(14)26-12-22(19)9-5-13-3-6-21-7-4-13/h3-4,6-7,10-11,18H,1-2,5,8-9,12H2. The van der Waals surface area contributed by atoms with Crippen molar-refractivity contribution in [3.05, 3.63) is 53.3 Å². The fourth-order valence-corrected chi connectivity index (χ4v) is 3.86. The van der Waals surface area contributed by atoms with Crippen LogP contribution in [0, 0.1) is 0 Å². The Morgan fingerprint density at radius 2 is 1.85 bits per heavy atom. The minimum absolute atomic E-state index is 0.0438. The molecule has 0 spiro atoms. The van der Waals surface area contributed by atoms with E-state index in [9.17, 15) is 9.59 Å². The van der Waals surface area contributed by atoms with Crippen molar-refractivity contribution in [1.82, 2.24) is 14.8 Å². The molecule has 0 radical (unpaired) electrons. The highest BCUT2D eigenvalue weighted by Gasteiger charge is 2.39. The van der Waals surface area contributed by atoms with E-state index in [-0.39, 0.29) is 24.8 Å². The van der Waals surface area contributed by atoms with Gasteiger partial charge in [-0.15, -0.1) is 0 Å². The summed E-state index contributed by atoms with van der Waals surface area (Å²) in [6.07, 6.45) is 5.75. The molecule has 0 aliphatic carbocycles. The fourth-order valence-electron chi connectivity index (χ4n) is 3.86. The minimum atomic E-state index is -0.217. The highest BCUT2D eigenvalue weighted by molar-refractivity contribution is 6.03. The topological polar surface area (TPSA) is 72.0 Å². The molecule has 0 saturated carbocycles. The summed E-state index contributed by atoms with van der Waals surface area (Å²) in [5.74, 6) is 0.791. The zero-order valence-corrected chi connectivity index (χ0v) is 14.8. The van der Waals surface area contributed by atoms with Crippen LogP contribution in [-0.2, 0) is 6.42 Å². The molecule has 1 fully saturated rings. The average molecular weight is 365 g/mol. The molecular weight excluding hydrogens is 346 g/mol. The van der Waals surface area contributed by atoms with Gasteiger partial charge in [0.05, 0.1) is 11.1 Å². The Hall–Kier alpha value is -3.09. The Kier molecular flexibility index (Phi) is 3.74. The number of amides is 2. The number of carbonyl (C=O) groups is 2. The molecule has 1 saturated heterocycles. The number of nitrogens with zero attached hydrogens (tertiary/aromatic N) is 3. The van der Waals surface area contributed by atoms with Gasteiger partial charge in [0, 0.05) is 31.9 Å². The Balaban J connectivity index is 1.39.